The topological polar surface area (TPSA) is 15.3 Å². The van der Waals surface area contributed by atoms with Crippen LogP contribution in [0.4, 0.5) is 5.69 Å². The van der Waals surface area contributed by atoms with Crippen LogP contribution in [-0.4, -0.2) is 25.2 Å². The second-order valence-electron chi connectivity index (χ2n) is 5.37. The van der Waals surface area contributed by atoms with Crippen molar-refractivity contribution in [3.63, 3.8) is 0 Å². The maximum absolute atomic E-state index is 6.02. The maximum atomic E-state index is 6.02. The highest BCUT2D eigenvalue weighted by Crippen LogP contribution is 2.36. The number of likely N-dealkylation sites (N-methyl/N-ethyl adjacent to an activating group) is 1. The Morgan fingerprint density at radius 3 is 2.65 bits per heavy atom. The zero-order valence-electron chi connectivity index (χ0n) is 11.0. The van der Waals surface area contributed by atoms with E-state index < -0.39 is 0 Å². The Morgan fingerprint density at radius 2 is 2.12 bits per heavy atom. The summed E-state index contributed by atoms with van der Waals surface area (Å²) in [7, 11) is 2.05. The molecule has 3 heteroatoms. The number of hydrogen-bond acceptors (Lipinski definition) is 2. The van der Waals surface area contributed by atoms with Crippen LogP contribution in [-0.2, 0) is 0 Å². The van der Waals surface area contributed by atoms with Gasteiger partial charge >= 0.3 is 0 Å². The molecule has 2 rings (SSSR count). The Hall–Kier alpha value is -0.730. The van der Waals surface area contributed by atoms with Crippen LogP contribution < -0.4 is 10.2 Å². The van der Waals surface area contributed by atoms with Crippen LogP contribution in [0, 0.1) is 6.92 Å². The fraction of sp³-hybridized carbons (Fsp3) is 0.571. The standard InChI is InChI=1S/C14H21ClN2/c1-10-9-11(15)5-6-12(10)17-8-7-13(16-4)14(17,2)3/h5-6,9,13,16H,7-8H2,1-4H3. The Balaban J connectivity index is 2.35. The molecule has 0 amide bonds. The number of nitrogens with one attached hydrogen (secondary N) is 1. The molecule has 1 aliphatic heterocycles. The molecular weight excluding hydrogens is 232 g/mol. The van der Waals surface area contributed by atoms with Gasteiger partial charge in [0.2, 0.25) is 0 Å². The Kier molecular flexibility index (Phi) is 3.37. The zero-order chi connectivity index (χ0) is 12.6. The predicted octanol–water partition coefficient (Wildman–Crippen LogP) is 3.23. The average Bonchev–Trinajstić information content (AvgIpc) is 2.54. The quantitative estimate of drug-likeness (QED) is 0.870. The molecule has 94 valence electrons. The molecule has 1 aliphatic rings. The molecule has 2 nitrogen and oxygen atoms in total. The highest BCUT2D eigenvalue weighted by molar-refractivity contribution is 6.30. The molecule has 0 saturated carbocycles. The Bertz CT molecular complexity index is 415. The summed E-state index contributed by atoms with van der Waals surface area (Å²) in [4.78, 5) is 2.49. The number of rotatable bonds is 2. The van der Waals surface area contributed by atoms with Gasteiger partial charge in [-0.2, -0.15) is 0 Å². The van der Waals surface area contributed by atoms with Crippen LogP contribution in [0.1, 0.15) is 25.8 Å². The summed E-state index contributed by atoms with van der Waals surface area (Å²) in [5, 5.41) is 4.23. The van der Waals surface area contributed by atoms with E-state index in [0.29, 0.717) is 6.04 Å². The minimum Gasteiger partial charge on any atom is -0.365 e. The molecule has 0 aliphatic carbocycles. The molecule has 0 aromatic heterocycles. The van der Waals surface area contributed by atoms with Crippen LogP contribution in [0.5, 0.6) is 0 Å². The van der Waals surface area contributed by atoms with E-state index in [1.807, 2.05) is 19.2 Å². The van der Waals surface area contributed by atoms with Gasteiger partial charge in [-0.05, 0) is 58.0 Å². The normalized spacial score (nSPS) is 23.1. The van der Waals surface area contributed by atoms with Crippen molar-refractivity contribution in [1.82, 2.24) is 5.32 Å². The molecule has 1 aromatic rings. The molecular formula is C14H21ClN2. The van der Waals surface area contributed by atoms with Crippen molar-refractivity contribution in [3.05, 3.63) is 28.8 Å². The molecule has 1 N–H and O–H groups in total. The van der Waals surface area contributed by atoms with Gasteiger partial charge < -0.3 is 10.2 Å². The number of halogens is 1. The van der Waals surface area contributed by atoms with Gasteiger partial charge in [0.05, 0.1) is 0 Å². The van der Waals surface area contributed by atoms with Gasteiger partial charge in [-0.15, -0.1) is 0 Å². The second-order valence-corrected chi connectivity index (χ2v) is 5.80. The summed E-state index contributed by atoms with van der Waals surface area (Å²) in [6, 6.07) is 6.70. The predicted molar refractivity (Wildman–Crippen MR) is 75.1 cm³/mol. The lowest BCUT2D eigenvalue weighted by Gasteiger charge is -2.38. The molecule has 0 radical (unpaired) electrons. The summed E-state index contributed by atoms with van der Waals surface area (Å²) < 4.78 is 0. The van der Waals surface area contributed by atoms with Gasteiger partial charge in [0.1, 0.15) is 0 Å². The first kappa shape index (κ1) is 12.7. The van der Waals surface area contributed by atoms with Crippen LogP contribution >= 0.6 is 11.6 Å². The van der Waals surface area contributed by atoms with Crippen LogP contribution in [0.15, 0.2) is 18.2 Å². The van der Waals surface area contributed by atoms with Gasteiger partial charge in [0.15, 0.2) is 0 Å². The van der Waals surface area contributed by atoms with Crippen molar-refractivity contribution in [2.24, 2.45) is 0 Å². The lowest BCUT2D eigenvalue weighted by atomic mass is 9.95. The first-order valence-corrected chi connectivity index (χ1v) is 6.55. The van der Waals surface area contributed by atoms with Crippen molar-refractivity contribution in [2.75, 3.05) is 18.5 Å². The molecule has 17 heavy (non-hydrogen) atoms. The number of aryl methyl sites for hydroxylation is 1. The minimum atomic E-state index is 0.146. The fourth-order valence-corrected chi connectivity index (χ4v) is 3.16. The SMILES string of the molecule is CNC1CCN(c2ccc(Cl)cc2C)C1(C)C. The van der Waals surface area contributed by atoms with Crippen molar-refractivity contribution in [3.8, 4) is 0 Å². The summed E-state index contributed by atoms with van der Waals surface area (Å²) >= 11 is 6.02. The monoisotopic (exact) mass is 252 g/mol. The van der Waals surface area contributed by atoms with Crippen molar-refractivity contribution >= 4 is 17.3 Å². The van der Waals surface area contributed by atoms with Crippen LogP contribution in [0.2, 0.25) is 5.02 Å². The van der Waals surface area contributed by atoms with E-state index in [1.54, 1.807) is 0 Å². The maximum Gasteiger partial charge on any atom is 0.0499 e. The highest BCUT2D eigenvalue weighted by Gasteiger charge is 2.40. The number of hydrogen-bond donors (Lipinski definition) is 1. The summed E-state index contributed by atoms with van der Waals surface area (Å²) in [5.41, 5.74) is 2.70. The van der Waals surface area contributed by atoms with Gasteiger partial charge in [-0.3, -0.25) is 0 Å². The lowest BCUT2D eigenvalue weighted by Crippen LogP contribution is -2.50. The molecule has 1 unspecified atom stereocenters. The number of nitrogens with zero attached hydrogens (tertiary/aromatic N) is 1. The summed E-state index contributed by atoms with van der Waals surface area (Å²) in [5.74, 6) is 0. The van der Waals surface area contributed by atoms with E-state index in [9.17, 15) is 0 Å². The van der Waals surface area contributed by atoms with E-state index in [-0.39, 0.29) is 5.54 Å². The van der Waals surface area contributed by atoms with Crippen molar-refractivity contribution in [1.29, 1.82) is 0 Å². The van der Waals surface area contributed by atoms with Gasteiger partial charge in [0.25, 0.3) is 0 Å². The van der Waals surface area contributed by atoms with E-state index in [2.05, 4.69) is 37.1 Å². The van der Waals surface area contributed by atoms with E-state index in [1.165, 1.54) is 17.7 Å². The van der Waals surface area contributed by atoms with E-state index >= 15 is 0 Å². The molecule has 0 spiro atoms. The van der Waals surface area contributed by atoms with E-state index in [0.717, 1.165) is 11.6 Å². The largest absolute Gasteiger partial charge is 0.365 e. The van der Waals surface area contributed by atoms with Crippen LogP contribution in [0.3, 0.4) is 0 Å². The third-order valence-electron chi connectivity index (χ3n) is 3.99. The third-order valence-corrected chi connectivity index (χ3v) is 4.22. The fourth-order valence-electron chi connectivity index (χ4n) is 2.94. The summed E-state index contributed by atoms with van der Waals surface area (Å²) in [6.45, 7) is 7.83. The smallest absolute Gasteiger partial charge is 0.0499 e. The molecule has 1 aromatic carbocycles. The minimum absolute atomic E-state index is 0.146. The second kappa shape index (κ2) is 4.51. The molecule has 0 bridgehead atoms. The first-order chi connectivity index (χ1) is 7.96. The van der Waals surface area contributed by atoms with Crippen LogP contribution in [0.25, 0.3) is 0 Å². The molecule has 1 fully saturated rings. The number of anilines is 1. The Labute approximate surface area is 109 Å². The van der Waals surface area contributed by atoms with Crippen molar-refractivity contribution in [2.45, 2.75) is 38.8 Å². The molecule has 1 saturated heterocycles. The van der Waals surface area contributed by atoms with Gasteiger partial charge in [-0.1, -0.05) is 11.6 Å². The highest BCUT2D eigenvalue weighted by atomic mass is 35.5. The van der Waals surface area contributed by atoms with Crippen molar-refractivity contribution < 1.29 is 0 Å². The Morgan fingerprint density at radius 1 is 1.41 bits per heavy atom. The zero-order valence-corrected chi connectivity index (χ0v) is 11.8. The van der Waals surface area contributed by atoms with E-state index in [4.69, 9.17) is 11.6 Å². The molecule has 1 heterocycles. The first-order valence-electron chi connectivity index (χ1n) is 6.18. The molecule has 1 atom stereocenters. The van der Waals surface area contributed by atoms with Gasteiger partial charge in [0, 0.05) is 28.8 Å². The third kappa shape index (κ3) is 2.16. The lowest BCUT2D eigenvalue weighted by molar-refractivity contribution is 0.402. The summed E-state index contributed by atoms with van der Waals surface area (Å²) in [6.07, 6.45) is 1.19. The van der Waals surface area contributed by atoms with Gasteiger partial charge in [-0.25, -0.2) is 0 Å². The number of benzene rings is 1. The average molecular weight is 253 g/mol.